The monoisotopic (exact) mass is 736 g/mol. The van der Waals surface area contributed by atoms with Gasteiger partial charge in [-0.1, -0.05) is 140 Å². The Morgan fingerprint density at radius 3 is 1.21 bits per heavy atom. The molecule has 0 spiro atoms. The quantitative estimate of drug-likeness (QED) is 0.152. The molecule has 53 heavy (non-hydrogen) atoms. The van der Waals surface area contributed by atoms with E-state index in [1.807, 2.05) is 9.80 Å². The van der Waals surface area contributed by atoms with Crippen LogP contribution in [0.2, 0.25) is 0 Å². The van der Waals surface area contributed by atoms with E-state index in [4.69, 9.17) is 0 Å². The summed E-state index contributed by atoms with van der Waals surface area (Å²) in [7, 11) is 0. The summed E-state index contributed by atoms with van der Waals surface area (Å²) < 4.78 is 0. The van der Waals surface area contributed by atoms with Crippen molar-refractivity contribution in [2.75, 3.05) is 14.7 Å². The van der Waals surface area contributed by atoms with Gasteiger partial charge in [-0.2, -0.15) is 0 Å². The summed E-state index contributed by atoms with van der Waals surface area (Å²) in [6.07, 6.45) is 0.397. The number of benzene rings is 5. The minimum absolute atomic E-state index is 0.148. The third-order valence-electron chi connectivity index (χ3n) is 10.5. The van der Waals surface area contributed by atoms with Gasteiger partial charge < -0.3 is 4.90 Å². The first-order valence-corrected chi connectivity index (χ1v) is 20.4. The lowest BCUT2D eigenvalue weighted by molar-refractivity contribution is -0.128. The smallest absolute Gasteiger partial charge is 0.238 e. The van der Waals surface area contributed by atoms with E-state index in [-0.39, 0.29) is 41.9 Å². The number of hydrogen-bond donors (Lipinski definition) is 0. The van der Waals surface area contributed by atoms with Crippen molar-refractivity contribution in [1.82, 2.24) is 0 Å². The molecular formula is C46H46N3O2S2. The van der Waals surface area contributed by atoms with Gasteiger partial charge >= 0.3 is 0 Å². The molecule has 8 rings (SSSR count). The normalized spacial score (nSPS) is 15.5. The van der Waals surface area contributed by atoms with E-state index in [0.717, 1.165) is 66.0 Å². The number of carbonyl (C=O) groups is 2. The second-order valence-corrected chi connectivity index (χ2v) is 17.6. The Morgan fingerprint density at radius 1 is 0.453 bits per heavy atom. The van der Waals surface area contributed by atoms with Gasteiger partial charge in [-0.3, -0.25) is 19.4 Å². The van der Waals surface area contributed by atoms with Crippen LogP contribution in [-0.2, 0) is 9.59 Å². The van der Waals surface area contributed by atoms with Crippen LogP contribution in [0.15, 0.2) is 117 Å². The average molecular weight is 737 g/mol. The SMILES string of the molecule is CC(C)c1cccc(C(C)C)c1N1[C](c2cc3c4c(c2)Sc2ccccc2N4c2ccccc2S3)N(c2c(C(C)C)cccc2C(C)C)C(=O)CC1=O. The van der Waals surface area contributed by atoms with Crippen LogP contribution >= 0.6 is 23.5 Å². The molecule has 1 saturated heterocycles. The predicted molar refractivity (Wildman–Crippen MR) is 221 cm³/mol. The number of amides is 2. The van der Waals surface area contributed by atoms with Crippen molar-refractivity contribution in [1.29, 1.82) is 0 Å². The number of carbonyl (C=O) groups excluding carboxylic acids is 2. The third-order valence-corrected chi connectivity index (χ3v) is 12.7. The predicted octanol–water partition coefficient (Wildman–Crippen LogP) is 12.9. The van der Waals surface area contributed by atoms with E-state index in [0.29, 0.717) is 6.17 Å². The second-order valence-electron chi connectivity index (χ2n) is 15.4. The number of para-hydroxylation sites is 4. The average Bonchev–Trinajstić information content (AvgIpc) is 3.13. The first-order chi connectivity index (χ1) is 25.5. The van der Waals surface area contributed by atoms with E-state index in [1.165, 1.54) is 9.79 Å². The fourth-order valence-corrected chi connectivity index (χ4v) is 10.4. The molecule has 3 aliphatic heterocycles. The minimum atomic E-state index is -0.215. The fraction of sp³-hybridized carbons (Fsp3) is 0.283. The lowest BCUT2D eigenvalue weighted by atomic mass is 9.88. The van der Waals surface area contributed by atoms with Crippen LogP contribution in [0.5, 0.6) is 0 Å². The number of anilines is 5. The summed E-state index contributed by atoms with van der Waals surface area (Å²) in [6, 6.07) is 34.4. The molecule has 1 radical (unpaired) electrons. The highest BCUT2D eigenvalue weighted by atomic mass is 32.2. The van der Waals surface area contributed by atoms with Crippen molar-refractivity contribution < 1.29 is 9.59 Å². The standard InChI is InChI=1S/C46H46N3O2S2/c1-26(2)31-15-13-16-32(27(3)4)43(31)48-41(50)25-42(51)49(44-33(28(5)6)17-14-18-34(44)29(7)8)46(48)30-23-39-45-40(24-30)53-38-22-12-10-20-36(38)47(45)35-19-9-11-21-37(35)52-39/h9-24,26-29H,25H2,1-8H3. The minimum Gasteiger partial charge on any atom is -0.306 e. The third kappa shape index (κ3) is 5.88. The molecule has 0 saturated carbocycles. The van der Waals surface area contributed by atoms with E-state index in [1.54, 1.807) is 23.5 Å². The van der Waals surface area contributed by atoms with Crippen LogP contribution < -0.4 is 14.7 Å². The Morgan fingerprint density at radius 2 is 0.830 bits per heavy atom. The van der Waals surface area contributed by atoms with E-state index in [9.17, 15) is 9.59 Å². The Kier molecular flexibility index (Phi) is 9.23. The lowest BCUT2D eigenvalue weighted by Crippen LogP contribution is -2.55. The number of nitrogens with zero attached hydrogens (tertiary/aromatic N) is 3. The summed E-state index contributed by atoms with van der Waals surface area (Å²) >= 11 is 3.51. The van der Waals surface area contributed by atoms with Crippen molar-refractivity contribution in [2.45, 2.75) is 105 Å². The van der Waals surface area contributed by atoms with Crippen LogP contribution in [-0.4, -0.2) is 11.8 Å². The van der Waals surface area contributed by atoms with Gasteiger partial charge in [0.25, 0.3) is 0 Å². The van der Waals surface area contributed by atoms with Crippen molar-refractivity contribution >= 4 is 63.8 Å². The molecule has 0 unspecified atom stereocenters. The van der Waals surface area contributed by atoms with Gasteiger partial charge in [-0.25, -0.2) is 0 Å². The first kappa shape index (κ1) is 35.6. The summed E-state index contributed by atoms with van der Waals surface area (Å²) in [5, 5.41) is 0. The highest BCUT2D eigenvalue weighted by molar-refractivity contribution is 8.00. The fourth-order valence-electron chi connectivity index (χ4n) is 8.03. The van der Waals surface area contributed by atoms with Gasteiger partial charge in [0.2, 0.25) is 18.0 Å². The van der Waals surface area contributed by atoms with E-state index >= 15 is 0 Å². The molecular weight excluding hydrogens is 691 g/mol. The summed E-state index contributed by atoms with van der Waals surface area (Å²) in [4.78, 5) is 40.4. The first-order valence-electron chi connectivity index (χ1n) is 18.8. The summed E-state index contributed by atoms with van der Waals surface area (Å²) in [6.45, 7) is 17.5. The molecule has 5 nitrogen and oxygen atoms in total. The molecule has 0 aliphatic carbocycles. The Hall–Kier alpha value is -4.46. The van der Waals surface area contributed by atoms with Gasteiger partial charge in [0.1, 0.15) is 6.42 Å². The number of fused-ring (bicyclic) bond motifs is 4. The topological polar surface area (TPSA) is 43.9 Å². The summed E-state index contributed by atoms with van der Waals surface area (Å²) in [5.74, 6) is 0.193. The molecule has 0 bridgehead atoms. The van der Waals surface area contributed by atoms with Crippen molar-refractivity contribution in [3.05, 3.63) is 131 Å². The zero-order valence-electron chi connectivity index (χ0n) is 31.7. The summed E-state index contributed by atoms with van der Waals surface area (Å²) in [5.41, 5.74) is 10.5. The highest BCUT2D eigenvalue weighted by Crippen LogP contribution is 2.61. The van der Waals surface area contributed by atoms with Gasteiger partial charge in [-0.05, 0) is 82.3 Å². The van der Waals surface area contributed by atoms with Crippen molar-refractivity contribution in [2.24, 2.45) is 0 Å². The van der Waals surface area contributed by atoms with E-state index in [2.05, 4.69) is 157 Å². The maximum absolute atomic E-state index is 14.8. The zero-order chi connectivity index (χ0) is 37.3. The van der Waals surface area contributed by atoms with Crippen LogP contribution in [0.1, 0.15) is 113 Å². The molecule has 5 aromatic rings. The molecule has 2 amide bonds. The molecule has 1 fully saturated rings. The van der Waals surface area contributed by atoms with Crippen LogP contribution in [0.3, 0.4) is 0 Å². The molecule has 0 atom stereocenters. The van der Waals surface area contributed by atoms with E-state index < -0.39 is 0 Å². The van der Waals surface area contributed by atoms with Gasteiger partial charge in [0.15, 0.2) is 0 Å². The molecule has 269 valence electrons. The maximum atomic E-state index is 14.8. The lowest BCUT2D eigenvalue weighted by Gasteiger charge is -2.46. The van der Waals surface area contributed by atoms with Crippen molar-refractivity contribution in [3.8, 4) is 0 Å². The maximum Gasteiger partial charge on any atom is 0.238 e. The number of hydrogen-bond acceptors (Lipinski definition) is 5. The molecule has 3 aliphatic rings. The molecule has 5 aromatic carbocycles. The molecule has 3 heterocycles. The van der Waals surface area contributed by atoms with Gasteiger partial charge in [-0.15, -0.1) is 0 Å². The Balaban J connectivity index is 1.45. The molecule has 7 heteroatoms. The molecule has 0 N–H and O–H groups in total. The highest BCUT2D eigenvalue weighted by Gasteiger charge is 2.47. The van der Waals surface area contributed by atoms with Crippen molar-refractivity contribution in [3.63, 3.8) is 0 Å². The second kappa shape index (κ2) is 13.7. The molecule has 0 aromatic heterocycles. The Bertz CT molecular complexity index is 2070. The van der Waals surface area contributed by atoms with Gasteiger partial charge in [0.05, 0.1) is 28.4 Å². The number of rotatable bonds is 7. The van der Waals surface area contributed by atoms with Crippen LogP contribution in [0.4, 0.5) is 28.4 Å². The van der Waals surface area contributed by atoms with Gasteiger partial charge in [0, 0.05) is 25.1 Å². The van der Waals surface area contributed by atoms with Crippen LogP contribution in [0.25, 0.3) is 0 Å². The Labute approximate surface area is 322 Å². The van der Waals surface area contributed by atoms with Crippen LogP contribution in [0, 0.1) is 6.17 Å². The zero-order valence-corrected chi connectivity index (χ0v) is 33.4. The largest absolute Gasteiger partial charge is 0.306 e.